The summed E-state index contributed by atoms with van der Waals surface area (Å²) in [5.41, 5.74) is 3.42. The van der Waals surface area contributed by atoms with Crippen LogP contribution in [0.5, 0.6) is 5.75 Å². The monoisotopic (exact) mass is 267 g/mol. The molecule has 0 fully saturated rings. The first kappa shape index (κ1) is 14.3. The van der Waals surface area contributed by atoms with Crippen LogP contribution in [0.15, 0.2) is 53.5 Å². The fourth-order valence-electron chi connectivity index (χ4n) is 1.96. The Balaban J connectivity index is 2.06. The molecule has 0 heterocycles. The lowest BCUT2D eigenvalue weighted by Gasteiger charge is -2.08. The van der Waals surface area contributed by atoms with E-state index in [1.54, 1.807) is 7.11 Å². The van der Waals surface area contributed by atoms with Gasteiger partial charge in [-0.1, -0.05) is 26.0 Å². The van der Waals surface area contributed by atoms with Gasteiger partial charge in [0.25, 0.3) is 0 Å². The quantitative estimate of drug-likeness (QED) is 0.702. The van der Waals surface area contributed by atoms with Crippen LogP contribution >= 0.6 is 0 Å². The van der Waals surface area contributed by atoms with Gasteiger partial charge in [-0.05, 0) is 59.9 Å². The molecule has 20 heavy (non-hydrogen) atoms. The smallest absolute Gasteiger partial charge is 0.118 e. The molecule has 2 aromatic rings. The van der Waals surface area contributed by atoms with Gasteiger partial charge in [-0.25, -0.2) is 0 Å². The van der Waals surface area contributed by atoms with E-state index in [4.69, 9.17) is 4.74 Å². The normalized spacial score (nSPS) is 12.6. The summed E-state index contributed by atoms with van der Waals surface area (Å²) in [4.78, 5) is 4.49. The third kappa shape index (κ3) is 3.70. The molecular formula is C18H21NO. The molecule has 2 aromatic carbocycles. The lowest BCUT2D eigenvalue weighted by atomic mass is 9.99. The van der Waals surface area contributed by atoms with Crippen molar-refractivity contribution in [3.63, 3.8) is 0 Å². The van der Waals surface area contributed by atoms with Crippen LogP contribution in [0.2, 0.25) is 0 Å². The predicted octanol–water partition coefficient (Wildman–Crippen LogP) is 4.96. The van der Waals surface area contributed by atoms with Gasteiger partial charge in [-0.2, -0.15) is 0 Å². The van der Waals surface area contributed by atoms with Crippen molar-refractivity contribution in [3.05, 3.63) is 59.7 Å². The zero-order valence-corrected chi connectivity index (χ0v) is 12.3. The molecule has 0 saturated carbocycles. The summed E-state index contributed by atoms with van der Waals surface area (Å²) in [5, 5.41) is 0. The fraction of sp³-hybridized carbons (Fsp3) is 0.278. The number of rotatable bonds is 5. The average molecular weight is 267 g/mol. The number of hydrogen-bond acceptors (Lipinski definition) is 2. The molecular weight excluding hydrogens is 246 g/mol. The molecule has 2 rings (SSSR count). The van der Waals surface area contributed by atoms with E-state index in [1.165, 1.54) is 5.56 Å². The summed E-state index contributed by atoms with van der Waals surface area (Å²) in [6, 6.07) is 16.3. The van der Waals surface area contributed by atoms with E-state index < -0.39 is 0 Å². The van der Waals surface area contributed by atoms with E-state index in [-0.39, 0.29) is 0 Å². The Labute approximate surface area is 121 Å². The first-order valence-corrected chi connectivity index (χ1v) is 7.01. The van der Waals surface area contributed by atoms with E-state index in [0.29, 0.717) is 5.92 Å². The Hall–Kier alpha value is -2.09. The highest BCUT2D eigenvalue weighted by Gasteiger charge is 2.01. The number of benzene rings is 2. The molecule has 0 aliphatic rings. The highest BCUT2D eigenvalue weighted by atomic mass is 16.5. The van der Waals surface area contributed by atoms with E-state index in [9.17, 15) is 0 Å². The van der Waals surface area contributed by atoms with Crippen molar-refractivity contribution in [3.8, 4) is 5.75 Å². The number of hydrogen-bond donors (Lipinski definition) is 0. The van der Waals surface area contributed by atoms with Gasteiger partial charge in [0.05, 0.1) is 12.8 Å². The third-order valence-corrected chi connectivity index (χ3v) is 3.55. The molecule has 0 aromatic heterocycles. The Morgan fingerprint density at radius 3 is 2.25 bits per heavy atom. The maximum absolute atomic E-state index is 5.13. The highest BCUT2D eigenvalue weighted by Crippen LogP contribution is 2.21. The maximum atomic E-state index is 5.13. The van der Waals surface area contributed by atoms with Gasteiger partial charge in [-0.3, -0.25) is 4.99 Å². The first-order valence-electron chi connectivity index (χ1n) is 7.01. The second-order valence-electron chi connectivity index (χ2n) is 4.93. The molecule has 2 heteroatoms. The minimum Gasteiger partial charge on any atom is -0.497 e. The van der Waals surface area contributed by atoms with E-state index in [2.05, 4.69) is 43.1 Å². The van der Waals surface area contributed by atoms with Crippen LogP contribution in [0.3, 0.4) is 0 Å². The predicted molar refractivity (Wildman–Crippen MR) is 85.4 cm³/mol. The van der Waals surface area contributed by atoms with Gasteiger partial charge in [0.2, 0.25) is 0 Å². The van der Waals surface area contributed by atoms with Crippen LogP contribution in [-0.2, 0) is 0 Å². The number of aliphatic imine (C=N–C) groups is 1. The molecule has 0 N–H and O–H groups in total. The third-order valence-electron chi connectivity index (χ3n) is 3.55. The summed E-state index contributed by atoms with van der Waals surface area (Å²) in [6.07, 6.45) is 3.03. The van der Waals surface area contributed by atoms with E-state index >= 15 is 0 Å². The number of nitrogens with zero attached hydrogens (tertiary/aromatic N) is 1. The van der Waals surface area contributed by atoms with Crippen molar-refractivity contribution in [2.75, 3.05) is 7.11 Å². The Morgan fingerprint density at radius 2 is 1.70 bits per heavy atom. The zero-order valence-electron chi connectivity index (χ0n) is 12.3. The van der Waals surface area contributed by atoms with Crippen LogP contribution in [0.4, 0.5) is 5.69 Å². The van der Waals surface area contributed by atoms with Crippen molar-refractivity contribution < 1.29 is 4.74 Å². The molecule has 0 aliphatic carbocycles. The molecule has 2 nitrogen and oxygen atoms in total. The van der Waals surface area contributed by atoms with E-state index in [1.807, 2.05) is 30.5 Å². The van der Waals surface area contributed by atoms with Gasteiger partial charge in [0, 0.05) is 6.21 Å². The molecule has 0 spiro atoms. The molecule has 1 atom stereocenters. The SMILES string of the molecule is CCC(C)c1ccc(N=Cc2ccc(OC)cc2)cc1. The van der Waals surface area contributed by atoms with Crippen molar-refractivity contribution in [1.29, 1.82) is 0 Å². The van der Waals surface area contributed by atoms with Crippen LogP contribution < -0.4 is 4.74 Å². The zero-order chi connectivity index (χ0) is 14.4. The van der Waals surface area contributed by atoms with Gasteiger partial charge < -0.3 is 4.74 Å². The molecule has 104 valence electrons. The molecule has 0 aliphatic heterocycles. The summed E-state index contributed by atoms with van der Waals surface area (Å²) >= 11 is 0. The molecule has 0 saturated heterocycles. The second kappa shape index (κ2) is 6.90. The Morgan fingerprint density at radius 1 is 1.05 bits per heavy atom. The largest absolute Gasteiger partial charge is 0.497 e. The van der Waals surface area contributed by atoms with Gasteiger partial charge in [0.1, 0.15) is 5.75 Å². The van der Waals surface area contributed by atoms with Crippen molar-refractivity contribution in [2.24, 2.45) is 4.99 Å². The lowest BCUT2D eigenvalue weighted by molar-refractivity contribution is 0.415. The second-order valence-corrected chi connectivity index (χ2v) is 4.93. The Bertz CT molecular complexity index is 555. The molecule has 0 radical (unpaired) electrons. The topological polar surface area (TPSA) is 21.6 Å². The minimum atomic E-state index is 0.606. The maximum Gasteiger partial charge on any atom is 0.118 e. The van der Waals surface area contributed by atoms with Crippen LogP contribution in [-0.4, -0.2) is 13.3 Å². The van der Waals surface area contributed by atoms with Crippen LogP contribution in [0, 0.1) is 0 Å². The summed E-state index contributed by atoms with van der Waals surface area (Å²) in [7, 11) is 1.67. The lowest BCUT2D eigenvalue weighted by Crippen LogP contribution is -1.89. The summed E-state index contributed by atoms with van der Waals surface area (Å²) in [6.45, 7) is 4.45. The fourth-order valence-corrected chi connectivity index (χ4v) is 1.96. The highest BCUT2D eigenvalue weighted by molar-refractivity contribution is 5.82. The van der Waals surface area contributed by atoms with Gasteiger partial charge >= 0.3 is 0 Å². The van der Waals surface area contributed by atoms with Crippen molar-refractivity contribution in [2.45, 2.75) is 26.2 Å². The minimum absolute atomic E-state index is 0.606. The number of methoxy groups -OCH3 is 1. The van der Waals surface area contributed by atoms with Gasteiger partial charge in [0.15, 0.2) is 0 Å². The van der Waals surface area contributed by atoms with Crippen LogP contribution in [0.25, 0.3) is 0 Å². The Kier molecular flexibility index (Phi) is 4.94. The summed E-state index contributed by atoms with van der Waals surface area (Å²) < 4.78 is 5.13. The summed E-state index contributed by atoms with van der Waals surface area (Å²) in [5.74, 6) is 1.47. The molecule has 0 amide bonds. The average Bonchev–Trinajstić information content (AvgIpc) is 2.53. The number of ether oxygens (including phenoxy) is 1. The molecule has 0 bridgehead atoms. The van der Waals surface area contributed by atoms with Crippen LogP contribution in [0.1, 0.15) is 37.3 Å². The van der Waals surface area contributed by atoms with Gasteiger partial charge in [-0.15, -0.1) is 0 Å². The first-order chi connectivity index (χ1) is 9.72. The standard InChI is InChI=1S/C18H21NO/c1-4-14(2)16-7-9-17(10-8-16)19-13-15-5-11-18(20-3)12-6-15/h5-14H,4H2,1-3H3. The van der Waals surface area contributed by atoms with E-state index in [0.717, 1.165) is 23.4 Å². The van der Waals surface area contributed by atoms with Crippen molar-refractivity contribution in [1.82, 2.24) is 0 Å². The van der Waals surface area contributed by atoms with Crippen molar-refractivity contribution >= 4 is 11.9 Å². The molecule has 1 unspecified atom stereocenters.